The van der Waals surface area contributed by atoms with Crippen LogP contribution in [0.4, 0.5) is 0 Å². The molecule has 0 aromatic carbocycles. The van der Waals surface area contributed by atoms with Gasteiger partial charge in [0.1, 0.15) is 5.76 Å². The van der Waals surface area contributed by atoms with Crippen molar-refractivity contribution in [2.75, 3.05) is 20.2 Å². The van der Waals surface area contributed by atoms with Gasteiger partial charge in [0.25, 0.3) is 0 Å². The third kappa shape index (κ3) is 1.73. The number of hydrogen-bond donors (Lipinski definition) is 1. The van der Waals surface area contributed by atoms with Gasteiger partial charge in [-0.2, -0.15) is 0 Å². The van der Waals surface area contributed by atoms with Crippen molar-refractivity contribution in [1.29, 1.82) is 0 Å². The SMILES string of the molecule is COC1(Cc2ccc(Cl)o2)CNC1. The maximum atomic E-state index is 5.67. The molecule has 1 N–H and O–H groups in total. The van der Waals surface area contributed by atoms with Gasteiger partial charge < -0.3 is 14.5 Å². The summed E-state index contributed by atoms with van der Waals surface area (Å²) in [6.07, 6.45) is 0.781. The van der Waals surface area contributed by atoms with Crippen LogP contribution in [0.15, 0.2) is 16.5 Å². The largest absolute Gasteiger partial charge is 0.450 e. The summed E-state index contributed by atoms with van der Waals surface area (Å²) in [5.74, 6) is 0.883. The van der Waals surface area contributed by atoms with Crippen LogP contribution in [-0.4, -0.2) is 25.8 Å². The van der Waals surface area contributed by atoms with Crippen molar-refractivity contribution in [2.45, 2.75) is 12.0 Å². The fraction of sp³-hybridized carbons (Fsp3) is 0.556. The van der Waals surface area contributed by atoms with Gasteiger partial charge in [-0.25, -0.2) is 0 Å². The number of hydrogen-bond acceptors (Lipinski definition) is 3. The zero-order chi connectivity index (χ0) is 9.31. The number of halogens is 1. The lowest BCUT2D eigenvalue weighted by Crippen LogP contribution is -2.61. The summed E-state index contributed by atoms with van der Waals surface area (Å²) in [5, 5.41) is 3.62. The van der Waals surface area contributed by atoms with E-state index in [1.807, 2.05) is 6.07 Å². The molecule has 0 bridgehead atoms. The number of ether oxygens (including phenoxy) is 1. The van der Waals surface area contributed by atoms with E-state index in [-0.39, 0.29) is 5.60 Å². The molecule has 2 rings (SSSR count). The van der Waals surface area contributed by atoms with E-state index in [2.05, 4.69) is 5.32 Å². The summed E-state index contributed by atoms with van der Waals surface area (Å²) in [6.45, 7) is 1.75. The summed E-state index contributed by atoms with van der Waals surface area (Å²) >= 11 is 5.67. The molecule has 72 valence electrons. The fourth-order valence-electron chi connectivity index (χ4n) is 1.51. The van der Waals surface area contributed by atoms with Gasteiger partial charge >= 0.3 is 0 Å². The van der Waals surface area contributed by atoms with Gasteiger partial charge in [0.15, 0.2) is 5.22 Å². The lowest BCUT2D eigenvalue weighted by molar-refractivity contribution is -0.0533. The van der Waals surface area contributed by atoms with Crippen LogP contribution >= 0.6 is 11.6 Å². The quantitative estimate of drug-likeness (QED) is 0.804. The average molecular weight is 202 g/mol. The molecule has 0 spiro atoms. The number of methoxy groups -OCH3 is 1. The van der Waals surface area contributed by atoms with E-state index in [1.54, 1.807) is 13.2 Å². The Balaban J connectivity index is 2.04. The minimum absolute atomic E-state index is 0.0822. The summed E-state index contributed by atoms with van der Waals surface area (Å²) in [6, 6.07) is 3.65. The highest BCUT2D eigenvalue weighted by molar-refractivity contribution is 6.28. The summed E-state index contributed by atoms with van der Waals surface area (Å²) in [4.78, 5) is 0. The molecular weight excluding hydrogens is 190 g/mol. The summed E-state index contributed by atoms with van der Waals surface area (Å²) in [5.41, 5.74) is -0.0822. The molecular formula is C9H12ClNO2. The Morgan fingerprint density at radius 1 is 1.62 bits per heavy atom. The van der Waals surface area contributed by atoms with Gasteiger partial charge in [-0.3, -0.25) is 0 Å². The first kappa shape index (κ1) is 9.06. The highest BCUT2D eigenvalue weighted by Gasteiger charge is 2.37. The molecule has 0 amide bonds. The number of rotatable bonds is 3. The molecule has 0 saturated carbocycles. The Hall–Kier alpha value is -0.510. The Labute approximate surface area is 82.0 Å². The van der Waals surface area contributed by atoms with Crippen molar-refractivity contribution in [3.63, 3.8) is 0 Å². The molecule has 1 aromatic heterocycles. The van der Waals surface area contributed by atoms with Crippen LogP contribution < -0.4 is 5.32 Å². The normalized spacial score (nSPS) is 19.8. The maximum absolute atomic E-state index is 5.67. The molecule has 1 aliphatic heterocycles. The van der Waals surface area contributed by atoms with E-state index in [4.69, 9.17) is 20.8 Å². The van der Waals surface area contributed by atoms with Crippen LogP contribution in [0.3, 0.4) is 0 Å². The van der Waals surface area contributed by atoms with Crippen molar-refractivity contribution in [2.24, 2.45) is 0 Å². The van der Waals surface area contributed by atoms with Gasteiger partial charge in [-0.05, 0) is 23.7 Å². The lowest BCUT2D eigenvalue weighted by atomic mass is 9.91. The molecule has 0 atom stereocenters. The van der Waals surface area contributed by atoms with E-state index in [9.17, 15) is 0 Å². The topological polar surface area (TPSA) is 34.4 Å². The summed E-state index contributed by atoms with van der Waals surface area (Å²) < 4.78 is 10.7. The highest BCUT2D eigenvalue weighted by atomic mass is 35.5. The third-order valence-corrected chi connectivity index (χ3v) is 2.66. The lowest BCUT2D eigenvalue weighted by Gasteiger charge is -2.40. The average Bonchev–Trinajstić information content (AvgIpc) is 2.44. The zero-order valence-corrected chi connectivity index (χ0v) is 8.23. The molecule has 4 heteroatoms. The molecule has 2 heterocycles. The standard InChI is InChI=1S/C9H12ClNO2/c1-12-9(5-11-6-9)4-7-2-3-8(10)13-7/h2-3,11H,4-6H2,1H3. The fourth-order valence-corrected chi connectivity index (χ4v) is 1.67. The second-order valence-electron chi connectivity index (χ2n) is 3.37. The second-order valence-corrected chi connectivity index (χ2v) is 3.75. The van der Waals surface area contributed by atoms with Crippen LogP contribution in [-0.2, 0) is 11.2 Å². The Morgan fingerprint density at radius 3 is 2.77 bits per heavy atom. The van der Waals surface area contributed by atoms with E-state index < -0.39 is 0 Å². The molecule has 0 aliphatic carbocycles. The van der Waals surface area contributed by atoms with E-state index in [1.165, 1.54) is 0 Å². The molecule has 13 heavy (non-hydrogen) atoms. The molecule has 1 fully saturated rings. The Kier molecular flexibility index (Phi) is 2.32. The predicted molar refractivity (Wildman–Crippen MR) is 50.0 cm³/mol. The van der Waals surface area contributed by atoms with Gasteiger partial charge in [0, 0.05) is 26.6 Å². The minimum atomic E-state index is -0.0822. The van der Waals surface area contributed by atoms with Crippen LogP contribution in [0.1, 0.15) is 5.76 Å². The molecule has 0 unspecified atom stereocenters. The van der Waals surface area contributed by atoms with Crippen molar-refractivity contribution in [1.82, 2.24) is 5.32 Å². The Bertz CT molecular complexity index is 288. The highest BCUT2D eigenvalue weighted by Crippen LogP contribution is 2.24. The van der Waals surface area contributed by atoms with Crippen molar-refractivity contribution >= 4 is 11.6 Å². The van der Waals surface area contributed by atoms with Gasteiger partial charge in [-0.15, -0.1) is 0 Å². The first-order valence-electron chi connectivity index (χ1n) is 4.24. The van der Waals surface area contributed by atoms with E-state index >= 15 is 0 Å². The smallest absolute Gasteiger partial charge is 0.193 e. The monoisotopic (exact) mass is 201 g/mol. The van der Waals surface area contributed by atoms with Crippen molar-refractivity contribution < 1.29 is 9.15 Å². The molecule has 1 aromatic rings. The number of nitrogens with one attached hydrogen (secondary N) is 1. The first-order valence-corrected chi connectivity index (χ1v) is 4.62. The van der Waals surface area contributed by atoms with Crippen LogP contribution in [0.5, 0.6) is 0 Å². The molecule has 3 nitrogen and oxygen atoms in total. The van der Waals surface area contributed by atoms with Crippen molar-refractivity contribution in [3.05, 3.63) is 23.1 Å². The van der Waals surface area contributed by atoms with E-state index in [0.717, 1.165) is 25.3 Å². The number of furan rings is 1. The predicted octanol–water partition coefficient (Wildman–Crippen LogP) is 1.46. The second kappa shape index (κ2) is 3.33. The summed E-state index contributed by atoms with van der Waals surface area (Å²) in [7, 11) is 1.73. The van der Waals surface area contributed by atoms with Crippen LogP contribution in [0.2, 0.25) is 5.22 Å². The molecule has 0 radical (unpaired) electrons. The van der Waals surface area contributed by atoms with Crippen molar-refractivity contribution in [3.8, 4) is 0 Å². The van der Waals surface area contributed by atoms with Gasteiger partial charge in [-0.1, -0.05) is 0 Å². The maximum Gasteiger partial charge on any atom is 0.193 e. The van der Waals surface area contributed by atoms with Crippen LogP contribution in [0.25, 0.3) is 0 Å². The van der Waals surface area contributed by atoms with Gasteiger partial charge in [0.2, 0.25) is 0 Å². The molecule has 1 aliphatic rings. The van der Waals surface area contributed by atoms with E-state index in [0.29, 0.717) is 5.22 Å². The minimum Gasteiger partial charge on any atom is -0.450 e. The zero-order valence-electron chi connectivity index (χ0n) is 7.47. The molecule has 1 saturated heterocycles. The Morgan fingerprint density at radius 2 is 2.38 bits per heavy atom. The first-order chi connectivity index (χ1) is 6.24. The van der Waals surface area contributed by atoms with Crippen LogP contribution in [0, 0.1) is 0 Å². The van der Waals surface area contributed by atoms with Gasteiger partial charge in [0.05, 0.1) is 5.60 Å². The third-order valence-electron chi connectivity index (χ3n) is 2.45.